The number of hydrogen-bond acceptors (Lipinski definition) is 3. The van der Waals surface area contributed by atoms with Gasteiger partial charge in [-0.2, -0.15) is 0 Å². The second-order valence-electron chi connectivity index (χ2n) is 47.9. The first-order chi connectivity index (χ1) is 70.8. The number of para-hydroxylation sites is 3. The van der Waals surface area contributed by atoms with Gasteiger partial charge in [0.1, 0.15) is 22.3 Å². The van der Waals surface area contributed by atoms with Crippen LogP contribution in [-0.4, -0.2) is 0 Å². The molecule has 0 saturated heterocycles. The fourth-order valence-electron chi connectivity index (χ4n) is 29.6. The molecule has 0 saturated carbocycles. The molecule has 0 N–H and O–H groups in total. The van der Waals surface area contributed by atoms with Crippen LogP contribution in [0.5, 0.6) is 0 Å². The molecular formula is C143H143NO2. The predicted molar refractivity (Wildman–Crippen MR) is 621 cm³/mol. The molecule has 3 heteroatoms. The minimum absolute atomic E-state index is 0.0206. The first-order valence-electron chi connectivity index (χ1n) is 56.2. The second-order valence-corrected chi connectivity index (χ2v) is 47.9. The van der Waals surface area contributed by atoms with Gasteiger partial charge in [-0.3, -0.25) is 0 Å². The number of aryl methyl sites for hydroxylation is 2. The second kappa shape index (κ2) is 35.6. The molecule has 0 bridgehead atoms. The number of benzene rings is 16. The Hall–Kier alpha value is -13.1. The maximum absolute atomic E-state index is 7.36. The quantitative estimate of drug-likeness (QED) is 0.0406. The summed E-state index contributed by atoms with van der Waals surface area (Å²) in [6.07, 6.45) is 30.8. The largest absolute Gasteiger partial charge is 0.455 e. The molecule has 0 fully saturated rings. The van der Waals surface area contributed by atoms with Crippen LogP contribution in [0.25, 0.3) is 166 Å². The number of anilines is 3. The Morgan fingerprint density at radius 3 is 0.904 bits per heavy atom. The Balaban J connectivity index is 0.534. The number of rotatable bonds is 31. The smallest absolute Gasteiger partial charge is 0.143 e. The summed E-state index contributed by atoms with van der Waals surface area (Å²) in [5, 5.41) is 4.71. The number of unbranched alkanes of at least 4 members (excludes halogenated alkanes) is 16. The molecule has 0 spiro atoms. The topological polar surface area (TPSA) is 29.5 Å². The molecule has 0 unspecified atom stereocenters. The molecule has 2 aromatic heterocycles. The zero-order chi connectivity index (χ0) is 100.0. The molecule has 7 aliphatic rings. The first-order valence-corrected chi connectivity index (χ1v) is 56.2. The first kappa shape index (κ1) is 93.9. The SMILES string of the molecule is CCCCCCCC1(CCCCCCC)c2ccccc2-c2ccc(-c3ccc4c(c3)C(C)(C)c3cc(-c5cc6c(c7c5oc5ccccc57)-c5ccc(N(c7ccc8c(c7)C(C)(C)c7cc9c(cc7-8)C(C)(C)c7cc(-c8ccc%10c(c8)C(C)(C)c8cc(-c%11ccc%12c(c%11)C(CCCCCCC)(CCCCCCC)c%11ccccc%11-%12)ccc8-%10)c8oc%10ccccc%10c8c7-9)c7c(C)cccc7C)cc5C6(C)C)ccc3-4)cc21. The molecule has 18 aromatic rings. The third-order valence-corrected chi connectivity index (χ3v) is 37.5. The molecule has 0 amide bonds. The normalized spacial score (nSPS) is 15.8. The van der Waals surface area contributed by atoms with Crippen molar-refractivity contribution in [3.05, 3.63) is 374 Å². The summed E-state index contributed by atoms with van der Waals surface area (Å²) >= 11 is 0. The van der Waals surface area contributed by atoms with E-state index in [1.54, 1.807) is 22.3 Å². The minimum Gasteiger partial charge on any atom is -0.455 e. The fourth-order valence-corrected chi connectivity index (χ4v) is 29.6. The highest BCUT2D eigenvalue weighted by Gasteiger charge is 2.50. The van der Waals surface area contributed by atoms with Crippen LogP contribution in [0.15, 0.2) is 294 Å². The molecule has 25 rings (SSSR count). The van der Waals surface area contributed by atoms with Crippen LogP contribution in [0.1, 0.15) is 340 Å². The van der Waals surface area contributed by atoms with Gasteiger partial charge in [-0.15, -0.1) is 0 Å². The van der Waals surface area contributed by atoms with E-state index in [1.807, 2.05) is 0 Å². The van der Waals surface area contributed by atoms with E-state index in [-0.39, 0.29) is 32.5 Å². The van der Waals surface area contributed by atoms with Gasteiger partial charge in [0.15, 0.2) is 0 Å². The van der Waals surface area contributed by atoms with Gasteiger partial charge in [0.05, 0.1) is 5.69 Å². The lowest BCUT2D eigenvalue weighted by Crippen LogP contribution is -2.25. The average molecular weight is 1910 g/mol. The van der Waals surface area contributed by atoms with Gasteiger partial charge in [-0.05, 0) is 337 Å². The van der Waals surface area contributed by atoms with E-state index in [4.69, 9.17) is 8.83 Å². The summed E-state index contributed by atoms with van der Waals surface area (Å²) in [6, 6.07) is 113. The zero-order valence-corrected chi connectivity index (χ0v) is 89.4. The molecular weight excluding hydrogens is 1760 g/mol. The monoisotopic (exact) mass is 1910 g/mol. The Morgan fingerprint density at radius 2 is 0.493 bits per heavy atom. The van der Waals surface area contributed by atoms with Crippen LogP contribution >= 0.6 is 0 Å². The van der Waals surface area contributed by atoms with Crippen molar-refractivity contribution in [3.63, 3.8) is 0 Å². The van der Waals surface area contributed by atoms with Gasteiger partial charge in [0.2, 0.25) is 0 Å². The highest BCUT2D eigenvalue weighted by molar-refractivity contribution is 6.21. The summed E-state index contributed by atoms with van der Waals surface area (Å²) in [6.45, 7) is 38.7. The summed E-state index contributed by atoms with van der Waals surface area (Å²) in [4.78, 5) is 2.59. The Bertz CT molecular complexity index is 8320. The average Bonchev–Trinajstić information content (AvgIpc) is 1.52. The van der Waals surface area contributed by atoms with Gasteiger partial charge in [-0.25, -0.2) is 0 Å². The fraction of sp³-hybridized carbons (Fsp3) is 0.329. The van der Waals surface area contributed by atoms with Crippen molar-refractivity contribution < 1.29 is 8.83 Å². The highest BCUT2D eigenvalue weighted by atomic mass is 16.3. The van der Waals surface area contributed by atoms with E-state index in [1.165, 1.54) is 349 Å². The van der Waals surface area contributed by atoms with Gasteiger partial charge in [0, 0.05) is 82.0 Å². The maximum atomic E-state index is 7.36. The molecule has 16 aromatic carbocycles. The Labute approximate surface area is 867 Å². The molecule has 0 radical (unpaired) electrons. The third-order valence-electron chi connectivity index (χ3n) is 37.5. The van der Waals surface area contributed by atoms with Crippen LogP contribution in [0.3, 0.4) is 0 Å². The van der Waals surface area contributed by atoms with Crippen LogP contribution in [0.4, 0.5) is 17.1 Å². The summed E-state index contributed by atoms with van der Waals surface area (Å²) < 4.78 is 14.7. The van der Waals surface area contributed by atoms with E-state index < -0.39 is 5.41 Å². The van der Waals surface area contributed by atoms with Gasteiger partial charge in [0.25, 0.3) is 0 Å². The van der Waals surface area contributed by atoms with Crippen LogP contribution in [0.2, 0.25) is 0 Å². The van der Waals surface area contributed by atoms with E-state index in [0.717, 1.165) is 55.6 Å². The molecule has 0 atom stereocenters. The third kappa shape index (κ3) is 14.3. The summed E-state index contributed by atoms with van der Waals surface area (Å²) in [7, 11) is 0. The number of hydrogen-bond donors (Lipinski definition) is 0. The van der Waals surface area contributed by atoms with Crippen molar-refractivity contribution in [2.45, 2.75) is 303 Å². The van der Waals surface area contributed by atoms with E-state index in [2.05, 4.69) is 401 Å². The molecule has 146 heavy (non-hydrogen) atoms. The molecule has 732 valence electrons. The Kier molecular flexibility index (Phi) is 22.9. The van der Waals surface area contributed by atoms with Crippen molar-refractivity contribution in [1.82, 2.24) is 0 Å². The maximum Gasteiger partial charge on any atom is 0.143 e. The molecule has 3 nitrogen and oxygen atoms in total. The molecule has 0 aliphatic heterocycles. The highest BCUT2D eigenvalue weighted by Crippen LogP contribution is 2.66. The van der Waals surface area contributed by atoms with Gasteiger partial charge < -0.3 is 13.7 Å². The zero-order valence-electron chi connectivity index (χ0n) is 89.4. The van der Waals surface area contributed by atoms with Gasteiger partial charge in [-0.1, -0.05) is 413 Å². The lowest BCUT2D eigenvalue weighted by atomic mass is 9.70. The van der Waals surface area contributed by atoms with Crippen molar-refractivity contribution in [2.75, 3.05) is 4.90 Å². The number of fused-ring (bicyclic) bond motifs is 29. The van der Waals surface area contributed by atoms with E-state index >= 15 is 0 Å². The minimum atomic E-state index is -0.406. The van der Waals surface area contributed by atoms with Crippen molar-refractivity contribution in [1.29, 1.82) is 0 Å². The Morgan fingerprint density at radius 1 is 0.212 bits per heavy atom. The van der Waals surface area contributed by atoms with Crippen LogP contribution in [0, 0.1) is 13.8 Å². The van der Waals surface area contributed by atoms with E-state index in [9.17, 15) is 0 Å². The van der Waals surface area contributed by atoms with Crippen molar-refractivity contribution in [3.8, 4) is 122 Å². The lowest BCUT2D eigenvalue weighted by molar-refractivity contribution is 0.399. The number of nitrogens with zero attached hydrogens (tertiary/aromatic N) is 1. The lowest BCUT2D eigenvalue weighted by Gasteiger charge is -2.33. The van der Waals surface area contributed by atoms with Gasteiger partial charge >= 0.3 is 0 Å². The summed E-state index contributed by atoms with van der Waals surface area (Å²) in [5.41, 5.74) is 56.7. The van der Waals surface area contributed by atoms with Crippen molar-refractivity contribution >= 4 is 60.9 Å². The predicted octanol–water partition coefficient (Wildman–Crippen LogP) is 41.7. The van der Waals surface area contributed by atoms with Crippen molar-refractivity contribution in [2.24, 2.45) is 0 Å². The standard InChI is InChI=1S/C143H143NO2/c1-17-21-25-29-41-72-142(73-42-30-26-22-18-2)114-52-37-33-48-98(114)104-66-58-92(78-124(104)142)90-56-64-100-102-68-60-94(80-118(102)137(7,8)116(100)76-90)110-84-126-130(132-108-50-35-39-54-128(108)145-135(110)132)107-71-63-97(83-121(107)140(126,13)14)144(134-88(5)46-45-47-89(134)6)96-62-70-106-112-86-123-113(87-122(112)139(11,12)120(106)82-96)131-127(141(123,15)16)85-111(136-133(131)109-51-36-40-55-129(109)146-136)95-61-69-103-101-65-57-91(77-117(101)138(9,10)119(103)81-95)93-59-67-105-99-49-34-38-53-115(99)143(125(105)79-93,74-43-31-27-23-19-3)75-44-32-28-24-20-4/h33-40,45-71,76-87H,17-32,41-44,72-75H2,1-16H3. The van der Waals surface area contributed by atoms with Crippen LogP contribution < -0.4 is 4.90 Å². The summed E-state index contributed by atoms with van der Waals surface area (Å²) in [5.74, 6) is 0. The van der Waals surface area contributed by atoms with Crippen LogP contribution in [-0.2, 0) is 37.9 Å². The number of furan rings is 2. The van der Waals surface area contributed by atoms with E-state index in [0.29, 0.717) is 0 Å². The molecule has 2 heterocycles. The molecule has 7 aliphatic carbocycles.